The van der Waals surface area contributed by atoms with Crippen molar-refractivity contribution in [3.05, 3.63) is 88.6 Å². The van der Waals surface area contributed by atoms with Crippen LogP contribution in [0, 0.1) is 10.1 Å². The second-order valence-electron chi connectivity index (χ2n) is 12.9. The molecule has 0 saturated carbocycles. The Morgan fingerprint density at radius 2 is 1.36 bits per heavy atom. The molecular weight excluding hydrogens is 987 g/mol. The summed E-state index contributed by atoms with van der Waals surface area (Å²) in [5.41, 5.74) is -2.87. The number of aromatic hydroxyl groups is 2. The second-order valence-corrected chi connectivity index (χ2v) is 15.8. The average Bonchev–Trinajstić information content (AvgIpc) is 3.67. The van der Waals surface area contributed by atoms with Gasteiger partial charge in [-0.15, -0.1) is 39.4 Å². The molecule has 0 radical (unpaired) electrons. The largest absolute Gasteiger partial charge is 0.505 e. The number of ether oxygens (including phenoxy) is 3. The molecule has 6 aromatic rings. The number of nitro groups is 1. The molecule has 0 aliphatic carbocycles. The van der Waals surface area contributed by atoms with E-state index in [9.17, 15) is 53.4 Å². The van der Waals surface area contributed by atoms with E-state index in [1.54, 1.807) is 0 Å². The molecule has 5 aromatic carbocycles. The van der Waals surface area contributed by atoms with Gasteiger partial charge in [-0.2, -0.15) is 18.2 Å². The summed E-state index contributed by atoms with van der Waals surface area (Å²) >= 11 is 0.638. The van der Waals surface area contributed by atoms with Gasteiger partial charge < -0.3 is 39.7 Å². The number of aromatic carboxylic acids is 1. The number of nitro benzene ring substituents is 1. The highest BCUT2D eigenvalue weighted by Gasteiger charge is 2.26. The zero-order valence-corrected chi connectivity index (χ0v) is 36.9. The summed E-state index contributed by atoms with van der Waals surface area (Å²) in [7, 11) is -3.54. The van der Waals surface area contributed by atoms with Crippen LogP contribution in [0.5, 0.6) is 28.9 Å². The SMILES string of the molecule is COc1ccc(N=Nc2cc(OCCO)c(N=Nc3c(SOOO)cc4cc(-n5nc(C(=O)O)c(N=Nc6ccc([N+](=O)[O-])cc6SOOO)c5O)ccc4c3O)cc2OCCO)c(S(=O)(=O)O)c1. The van der Waals surface area contributed by atoms with Gasteiger partial charge in [0.2, 0.25) is 11.6 Å². The van der Waals surface area contributed by atoms with Crippen LogP contribution in [0.4, 0.5) is 39.8 Å². The Bertz CT molecular complexity index is 3100. The fourth-order valence-corrected chi connectivity index (χ4v) is 7.38. The van der Waals surface area contributed by atoms with Gasteiger partial charge in [0.1, 0.15) is 63.8 Å². The Kier molecular flexibility index (Phi) is 17.0. The van der Waals surface area contributed by atoms with Crippen LogP contribution < -0.4 is 14.2 Å². The molecule has 1 heterocycles. The Hall–Kier alpha value is -7.47. The zero-order chi connectivity index (χ0) is 49.8. The van der Waals surface area contributed by atoms with Crippen molar-refractivity contribution in [3.8, 4) is 34.6 Å². The number of carboxylic acids is 1. The van der Waals surface area contributed by atoms with E-state index >= 15 is 0 Å². The van der Waals surface area contributed by atoms with Crippen LogP contribution in [0.2, 0.25) is 0 Å². The quantitative estimate of drug-likeness (QED) is 0.00749. The van der Waals surface area contributed by atoms with Crippen molar-refractivity contribution in [2.45, 2.75) is 14.7 Å². The number of hydrogen-bond acceptors (Lipinski definition) is 27. The van der Waals surface area contributed by atoms with Gasteiger partial charge in [-0.3, -0.25) is 14.7 Å². The average molecular weight is 1020 g/mol. The van der Waals surface area contributed by atoms with Crippen LogP contribution in [0.15, 0.2) is 118 Å². The third-order valence-electron chi connectivity index (χ3n) is 8.75. The molecule has 0 saturated heterocycles. The lowest BCUT2D eigenvalue weighted by Crippen LogP contribution is -2.04. The van der Waals surface area contributed by atoms with Crippen LogP contribution in [-0.2, 0) is 28.9 Å². The van der Waals surface area contributed by atoms with Gasteiger partial charge in [0.05, 0.1) is 64.8 Å². The Morgan fingerprint density at radius 1 is 0.768 bits per heavy atom. The fraction of sp³-hybridized carbons (Fsp3) is 0.135. The third-order valence-corrected chi connectivity index (χ3v) is 10.9. The number of phenols is 1. The molecular formula is C37H31N9O20S3. The normalized spacial score (nSPS) is 11.9. The maximum atomic E-state index is 12.3. The molecule has 0 spiro atoms. The number of aromatic nitrogens is 2. The van der Waals surface area contributed by atoms with Gasteiger partial charge in [0, 0.05) is 35.7 Å². The summed E-state index contributed by atoms with van der Waals surface area (Å²) in [5.74, 6) is -3.20. The number of non-ortho nitro benzene ring substituents is 1. The van der Waals surface area contributed by atoms with Crippen molar-refractivity contribution in [2.24, 2.45) is 30.7 Å². The molecule has 0 atom stereocenters. The minimum atomic E-state index is -4.81. The van der Waals surface area contributed by atoms with E-state index in [-0.39, 0.29) is 85.2 Å². The first-order chi connectivity index (χ1) is 33.1. The number of nitrogens with zero attached hydrogens (tertiary/aromatic N) is 9. The summed E-state index contributed by atoms with van der Waals surface area (Å²) in [5, 5.41) is 116. The van der Waals surface area contributed by atoms with E-state index in [1.807, 2.05) is 0 Å². The predicted molar refractivity (Wildman–Crippen MR) is 233 cm³/mol. The Labute approximate surface area is 393 Å². The van der Waals surface area contributed by atoms with Crippen molar-refractivity contribution in [2.75, 3.05) is 33.5 Å². The summed E-state index contributed by atoms with van der Waals surface area (Å²) in [4.78, 5) is 22.0. The molecule has 1 aromatic heterocycles. The number of azo groups is 3. The number of rotatable bonds is 23. The number of phenolic OH excluding ortho intramolecular Hbond substituents is 1. The lowest BCUT2D eigenvalue weighted by Gasteiger charge is -2.13. The molecule has 0 aliphatic heterocycles. The predicted octanol–water partition coefficient (Wildman–Crippen LogP) is 8.14. The first-order valence-corrected chi connectivity index (χ1v) is 21.5. The molecule has 0 fully saturated rings. The first kappa shape index (κ1) is 50.9. The number of hydrogen-bond donors (Lipinski definition) is 8. The van der Waals surface area contributed by atoms with Crippen LogP contribution in [0.25, 0.3) is 16.5 Å². The lowest BCUT2D eigenvalue weighted by molar-refractivity contribution is -0.432. The molecule has 69 heavy (non-hydrogen) atoms. The van der Waals surface area contributed by atoms with Crippen LogP contribution >= 0.6 is 24.1 Å². The number of benzene rings is 5. The van der Waals surface area contributed by atoms with E-state index < -0.39 is 67.8 Å². The van der Waals surface area contributed by atoms with E-state index in [2.05, 4.69) is 54.5 Å². The molecule has 6 rings (SSSR count). The lowest BCUT2D eigenvalue weighted by atomic mass is 10.1. The van der Waals surface area contributed by atoms with Crippen molar-refractivity contribution < 1.29 is 91.7 Å². The van der Waals surface area contributed by atoms with E-state index in [1.165, 1.54) is 55.6 Å². The Balaban J connectivity index is 1.41. The van der Waals surface area contributed by atoms with Crippen molar-refractivity contribution in [1.29, 1.82) is 0 Å². The summed E-state index contributed by atoms with van der Waals surface area (Å²) < 4.78 is 60.2. The van der Waals surface area contributed by atoms with Gasteiger partial charge in [-0.1, -0.05) is 10.1 Å². The van der Waals surface area contributed by atoms with Crippen molar-refractivity contribution >= 4 is 90.8 Å². The van der Waals surface area contributed by atoms with Crippen molar-refractivity contribution in [1.82, 2.24) is 9.78 Å². The molecule has 0 unspecified atom stereocenters. The monoisotopic (exact) mass is 1020 g/mol. The standard InChI is InChI=1S/C37H31N9O20S3/c1-60-21-4-7-24(31(15-21)69(57,58)59)39-40-25-16-28(62-11-9-48)26(17-27(25)61-10-8-47)41-42-32-30(68-66-64-56)13-18-12-19(2-5-22(18)35(32)49)45-36(50)33(34(44-45)37(51)52)43-38-23-6-3-20(46(53)54)14-29(23)67-65-63-55/h2-7,12-17,47-50,55-56H,8-11H2,1H3,(H,51,52)(H,57,58,59). The highest BCUT2D eigenvalue weighted by molar-refractivity contribution is 7.95. The van der Waals surface area contributed by atoms with E-state index in [0.29, 0.717) is 24.1 Å². The van der Waals surface area contributed by atoms with Crippen LogP contribution in [0.1, 0.15) is 10.5 Å². The van der Waals surface area contributed by atoms with Gasteiger partial charge in [0.25, 0.3) is 15.8 Å². The number of carbonyl (C=O) groups is 1. The number of aliphatic hydroxyl groups excluding tert-OH is 2. The highest BCUT2D eigenvalue weighted by Crippen LogP contribution is 2.47. The molecule has 0 amide bonds. The molecule has 32 heteroatoms. The minimum absolute atomic E-state index is 0.00685. The fourth-order valence-electron chi connectivity index (χ4n) is 5.78. The van der Waals surface area contributed by atoms with E-state index in [4.69, 9.17) is 24.7 Å². The van der Waals surface area contributed by atoms with Gasteiger partial charge in [-0.05, 0) is 47.9 Å². The summed E-state index contributed by atoms with van der Waals surface area (Å²) in [6.07, 6.45) is 0. The molecule has 29 nitrogen and oxygen atoms in total. The molecule has 8 N–H and O–H groups in total. The number of methoxy groups -OCH3 is 1. The number of carboxylic acid groups (broad SMARTS) is 1. The van der Waals surface area contributed by atoms with Gasteiger partial charge in [0.15, 0.2) is 11.4 Å². The van der Waals surface area contributed by atoms with E-state index in [0.717, 1.165) is 28.9 Å². The summed E-state index contributed by atoms with van der Waals surface area (Å²) in [6, 6.07) is 14.5. The molecule has 0 bridgehead atoms. The minimum Gasteiger partial charge on any atom is -0.505 e. The highest BCUT2D eigenvalue weighted by atomic mass is 32.2. The smallest absolute Gasteiger partial charge is 0.358 e. The zero-order valence-electron chi connectivity index (χ0n) is 34.5. The second kappa shape index (κ2) is 23.0. The van der Waals surface area contributed by atoms with Crippen LogP contribution in [-0.4, -0.2) is 103 Å². The summed E-state index contributed by atoms with van der Waals surface area (Å²) in [6.45, 7) is -1.54. The van der Waals surface area contributed by atoms with Crippen LogP contribution in [0.3, 0.4) is 0 Å². The number of fused-ring (bicyclic) bond motifs is 1. The third kappa shape index (κ3) is 12.2. The van der Waals surface area contributed by atoms with Crippen molar-refractivity contribution in [3.63, 3.8) is 0 Å². The topological polar surface area (TPSA) is 413 Å². The van der Waals surface area contributed by atoms with Gasteiger partial charge in [-0.25, -0.2) is 15.3 Å². The first-order valence-electron chi connectivity index (χ1n) is 18.6. The molecule has 362 valence electrons. The van der Waals surface area contributed by atoms with Gasteiger partial charge >= 0.3 is 5.97 Å². The maximum absolute atomic E-state index is 12.3. The Morgan fingerprint density at radius 3 is 1.96 bits per heavy atom. The number of aliphatic hydroxyl groups is 2. The molecule has 0 aliphatic rings. The maximum Gasteiger partial charge on any atom is 0.358 e.